The van der Waals surface area contributed by atoms with Gasteiger partial charge in [-0.3, -0.25) is 4.79 Å². The van der Waals surface area contributed by atoms with Gasteiger partial charge in [0.25, 0.3) is 5.91 Å². The molecule has 5 nitrogen and oxygen atoms in total. The molecule has 2 N–H and O–H groups in total. The van der Waals surface area contributed by atoms with Crippen molar-refractivity contribution in [1.82, 2.24) is 15.3 Å². The molecular formula is C18H23ClN4O. The first-order valence-corrected chi connectivity index (χ1v) is 8.44. The summed E-state index contributed by atoms with van der Waals surface area (Å²) in [6, 6.07) is 9.24. The van der Waals surface area contributed by atoms with Crippen LogP contribution in [0.2, 0.25) is 5.02 Å². The number of nitrogens with zero attached hydrogens (tertiary/aromatic N) is 2. The molecule has 0 unspecified atom stereocenters. The third kappa shape index (κ3) is 5.81. The molecule has 0 aliphatic heterocycles. The van der Waals surface area contributed by atoms with Crippen LogP contribution in [0.4, 0.5) is 5.95 Å². The van der Waals surface area contributed by atoms with E-state index in [1.165, 1.54) is 0 Å². The van der Waals surface area contributed by atoms with Gasteiger partial charge < -0.3 is 10.6 Å². The van der Waals surface area contributed by atoms with Crippen molar-refractivity contribution in [3.8, 4) is 0 Å². The second-order valence-corrected chi connectivity index (χ2v) is 6.57. The Morgan fingerprint density at radius 1 is 1.21 bits per heavy atom. The molecule has 1 heterocycles. The van der Waals surface area contributed by atoms with E-state index in [1.807, 2.05) is 31.2 Å². The molecule has 6 heteroatoms. The number of hydrogen-bond acceptors (Lipinski definition) is 4. The fraction of sp³-hybridized carbons (Fsp3) is 0.389. The maximum absolute atomic E-state index is 12.2. The Hall–Kier alpha value is -2.14. The molecule has 0 fully saturated rings. The van der Waals surface area contributed by atoms with Crippen LogP contribution in [0.25, 0.3) is 0 Å². The van der Waals surface area contributed by atoms with Gasteiger partial charge in [-0.15, -0.1) is 0 Å². The number of hydrogen-bond donors (Lipinski definition) is 2. The second kappa shape index (κ2) is 8.64. The van der Waals surface area contributed by atoms with Gasteiger partial charge in [-0.05, 0) is 43.0 Å². The first kappa shape index (κ1) is 18.2. The molecule has 2 aromatic rings. The van der Waals surface area contributed by atoms with Crippen molar-refractivity contribution in [2.24, 2.45) is 5.92 Å². The van der Waals surface area contributed by atoms with Crippen LogP contribution in [0.15, 0.2) is 30.3 Å². The summed E-state index contributed by atoms with van der Waals surface area (Å²) in [5.74, 6) is 0.823. The zero-order chi connectivity index (χ0) is 17.5. The Morgan fingerprint density at radius 2 is 1.92 bits per heavy atom. The molecule has 2 rings (SSSR count). The molecule has 0 radical (unpaired) electrons. The topological polar surface area (TPSA) is 66.9 Å². The maximum atomic E-state index is 12.2. The largest absolute Gasteiger partial charge is 0.351 e. The van der Waals surface area contributed by atoms with Crippen molar-refractivity contribution in [1.29, 1.82) is 0 Å². The summed E-state index contributed by atoms with van der Waals surface area (Å²) >= 11 is 5.88. The lowest BCUT2D eigenvalue weighted by atomic mass is 10.1. The van der Waals surface area contributed by atoms with Gasteiger partial charge in [-0.25, -0.2) is 9.97 Å². The lowest BCUT2D eigenvalue weighted by molar-refractivity contribution is 0.0947. The Labute approximate surface area is 147 Å². The number of anilines is 1. The van der Waals surface area contributed by atoms with E-state index in [2.05, 4.69) is 34.4 Å². The normalized spacial score (nSPS) is 10.7. The zero-order valence-electron chi connectivity index (χ0n) is 14.3. The first-order valence-electron chi connectivity index (χ1n) is 8.06. The number of aromatic nitrogens is 2. The number of amides is 1. The molecule has 1 aromatic heterocycles. The molecule has 0 bridgehead atoms. The monoisotopic (exact) mass is 346 g/mol. The highest BCUT2D eigenvalue weighted by Gasteiger charge is 2.10. The highest BCUT2D eigenvalue weighted by atomic mass is 35.5. The highest BCUT2D eigenvalue weighted by Crippen LogP contribution is 2.11. The number of nitrogens with one attached hydrogen (secondary N) is 2. The van der Waals surface area contributed by atoms with Gasteiger partial charge in [-0.2, -0.15) is 0 Å². The zero-order valence-corrected chi connectivity index (χ0v) is 15.0. The SMILES string of the molecule is Cc1cc(C(=O)NCCC(C)C)nc(NCc2ccc(Cl)cc2)n1. The van der Waals surface area contributed by atoms with E-state index in [0.717, 1.165) is 17.7 Å². The van der Waals surface area contributed by atoms with E-state index in [1.54, 1.807) is 6.07 Å². The van der Waals surface area contributed by atoms with Crippen LogP contribution in [-0.2, 0) is 6.54 Å². The molecule has 1 aromatic carbocycles. The average molecular weight is 347 g/mol. The number of benzene rings is 1. The summed E-state index contributed by atoms with van der Waals surface area (Å²) in [5, 5.41) is 6.74. The van der Waals surface area contributed by atoms with Crippen molar-refractivity contribution >= 4 is 23.5 Å². The number of halogens is 1. The van der Waals surface area contributed by atoms with E-state index >= 15 is 0 Å². The Morgan fingerprint density at radius 3 is 2.58 bits per heavy atom. The lowest BCUT2D eigenvalue weighted by Gasteiger charge is -2.10. The summed E-state index contributed by atoms with van der Waals surface area (Å²) in [7, 11) is 0. The summed E-state index contributed by atoms with van der Waals surface area (Å²) in [4.78, 5) is 20.8. The Bertz CT molecular complexity index is 686. The summed E-state index contributed by atoms with van der Waals surface area (Å²) in [6.45, 7) is 7.31. The van der Waals surface area contributed by atoms with Gasteiger partial charge in [0, 0.05) is 23.8 Å². The van der Waals surface area contributed by atoms with Gasteiger partial charge in [0.15, 0.2) is 0 Å². The van der Waals surface area contributed by atoms with E-state index < -0.39 is 0 Å². The van der Waals surface area contributed by atoms with E-state index in [0.29, 0.717) is 35.7 Å². The number of aryl methyl sites for hydroxylation is 1. The van der Waals surface area contributed by atoms with Crippen LogP contribution in [0.5, 0.6) is 0 Å². The van der Waals surface area contributed by atoms with Crippen LogP contribution in [-0.4, -0.2) is 22.4 Å². The van der Waals surface area contributed by atoms with Gasteiger partial charge in [0.05, 0.1) is 0 Å². The summed E-state index contributed by atoms with van der Waals surface area (Å²) < 4.78 is 0. The van der Waals surface area contributed by atoms with E-state index in [9.17, 15) is 4.79 Å². The third-order valence-corrected chi connectivity index (χ3v) is 3.71. The molecule has 0 saturated heterocycles. The molecule has 0 spiro atoms. The molecule has 0 atom stereocenters. The minimum Gasteiger partial charge on any atom is -0.351 e. The number of rotatable bonds is 7. The minimum absolute atomic E-state index is 0.171. The summed E-state index contributed by atoms with van der Waals surface area (Å²) in [6.07, 6.45) is 0.942. The number of carbonyl (C=O) groups excluding carboxylic acids is 1. The highest BCUT2D eigenvalue weighted by molar-refractivity contribution is 6.30. The first-order chi connectivity index (χ1) is 11.4. The molecular weight excluding hydrogens is 324 g/mol. The van der Waals surface area contributed by atoms with Crippen molar-refractivity contribution < 1.29 is 4.79 Å². The molecule has 1 amide bonds. The Kier molecular flexibility index (Phi) is 6.55. The van der Waals surface area contributed by atoms with Crippen LogP contribution < -0.4 is 10.6 Å². The standard InChI is InChI=1S/C18H23ClN4O/c1-12(2)8-9-20-17(24)16-10-13(3)22-18(23-16)21-11-14-4-6-15(19)7-5-14/h4-7,10,12H,8-9,11H2,1-3H3,(H,20,24)(H,21,22,23). The number of carbonyl (C=O) groups is 1. The molecule has 0 aliphatic carbocycles. The van der Waals surface area contributed by atoms with Crippen LogP contribution in [0, 0.1) is 12.8 Å². The van der Waals surface area contributed by atoms with E-state index in [4.69, 9.17) is 11.6 Å². The smallest absolute Gasteiger partial charge is 0.270 e. The van der Waals surface area contributed by atoms with Crippen LogP contribution >= 0.6 is 11.6 Å². The van der Waals surface area contributed by atoms with Gasteiger partial charge >= 0.3 is 0 Å². The molecule has 0 saturated carbocycles. The van der Waals surface area contributed by atoms with Gasteiger partial charge in [0.2, 0.25) is 5.95 Å². The van der Waals surface area contributed by atoms with Crippen molar-refractivity contribution in [2.45, 2.75) is 33.7 Å². The fourth-order valence-electron chi connectivity index (χ4n) is 2.11. The molecule has 0 aliphatic rings. The van der Waals surface area contributed by atoms with E-state index in [-0.39, 0.29) is 5.91 Å². The third-order valence-electron chi connectivity index (χ3n) is 3.46. The Balaban J connectivity index is 1.99. The van der Waals surface area contributed by atoms with Gasteiger partial charge in [0.1, 0.15) is 5.69 Å². The predicted octanol–water partition coefficient (Wildman–Crippen LogP) is 3.83. The second-order valence-electron chi connectivity index (χ2n) is 6.14. The van der Waals surface area contributed by atoms with Crippen molar-refractivity contribution in [3.05, 3.63) is 52.3 Å². The predicted molar refractivity (Wildman–Crippen MR) is 97.3 cm³/mol. The quantitative estimate of drug-likeness (QED) is 0.799. The molecule has 128 valence electrons. The maximum Gasteiger partial charge on any atom is 0.270 e. The van der Waals surface area contributed by atoms with Gasteiger partial charge in [-0.1, -0.05) is 37.6 Å². The van der Waals surface area contributed by atoms with Crippen molar-refractivity contribution in [3.63, 3.8) is 0 Å². The summed E-state index contributed by atoms with van der Waals surface area (Å²) in [5.41, 5.74) is 2.19. The average Bonchev–Trinajstić information content (AvgIpc) is 2.53. The fourth-order valence-corrected chi connectivity index (χ4v) is 2.24. The van der Waals surface area contributed by atoms with Crippen LogP contribution in [0.1, 0.15) is 42.0 Å². The van der Waals surface area contributed by atoms with Crippen LogP contribution in [0.3, 0.4) is 0 Å². The molecule has 24 heavy (non-hydrogen) atoms. The van der Waals surface area contributed by atoms with Crippen molar-refractivity contribution in [2.75, 3.05) is 11.9 Å². The minimum atomic E-state index is -0.171. The lowest BCUT2D eigenvalue weighted by Crippen LogP contribution is -2.26.